The second-order valence-corrected chi connectivity index (χ2v) is 3.92. The molecule has 2 rings (SSSR count). The molecule has 1 aromatic rings. The second kappa shape index (κ2) is 3.81. The van der Waals surface area contributed by atoms with Crippen molar-refractivity contribution in [1.82, 2.24) is 9.55 Å². The first-order valence-corrected chi connectivity index (χ1v) is 5.13. The molecular formula is C10H17N3. The minimum Gasteiger partial charge on any atom is -0.369 e. The molecule has 72 valence electrons. The molecule has 1 saturated carbocycles. The van der Waals surface area contributed by atoms with Crippen LogP contribution in [0.3, 0.4) is 0 Å². The summed E-state index contributed by atoms with van der Waals surface area (Å²) in [4.78, 5) is 3.99. The first-order chi connectivity index (χ1) is 6.36. The molecule has 1 aromatic heterocycles. The lowest BCUT2D eigenvalue weighted by atomic mass is 9.82. The Bertz CT molecular complexity index is 263. The third-order valence-electron chi connectivity index (χ3n) is 2.98. The van der Waals surface area contributed by atoms with E-state index in [0.717, 1.165) is 12.5 Å². The molecule has 13 heavy (non-hydrogen) atoms. The highest BCUT2D eigenvalue weighted by molar-refractivity contribution is 5.16. The maximum atomic E-state index is 5.66. The van der Waals surface area contributed by atoms with Crippen LogP contribution in [0.4, 0.5) is 5.95 Å². The Labute approximate surface area is 79.0 Å². The SMILES string of the molecule is Nc1nccn1CCCC1CCC1. The number of hydrogen-bond acceptors (Lipinski definition) is 2. The number of aromatic nitrogens is 2. The fourth-order valence-electron chi connectivity index (χ4n) is 1.86. The van der Waals surface area contributed by atoms with Crippen molar-refractivity contribution in [2.24, 2.45) is 5.92 Å². The Kier molecular flexibility index (Phi) is 2.52. The van der Waals surface area contributed by atoms with E-state index in [-0.39, 0.29) is 0 Å². The molecule has 0 spiro atoms. The predicted molar refractivity (Wildman–Crippen MR) is 53.2 cm³/mol. The molecule has 0 aliphatic heterocycles. The maximum absolute atomic E-state index is 5.66. The number of anilines is 1. The minimum absolute atomic E-state index is 0.647. The van der Waals surface area contributed by atoms with Gasteiger partial charge in [0.1, 0.15) is 0 Å². The first-order valence-electron chi connectivity index (χ1n) is 5.13. The van der Waals surface area contributed by atoms with Crippen molar-refractivity contribution < 1.29 is 0 Å². The Balaban J connectivity index is 1.70. The zero-order valence-electron chi connectivity index (χ0n) is 7.95. The van der Waals surface area contributed by atoms with Crippen LogP contribution in [0.1, 0.15) is 32.1 Å². The Morgan fingerprint density at radius 2 is 2.38 bits per heavy atom. The monoisotopic (exact) mass is 179 g/mol. The zero-order chi connectivity index (χ0) is 9.10. The quantitative estimate of drug-likeness (QED) is 0.768. The van der Waals surface area contributed by atoms with Gasteiger partial charge in [-0.15, -0.1) is 0 Å². The highest BCUT2D eigenvalue weighted by atomic mass is 15.1. The van der Waals surface area contributed by atoms with E-state index < -0.39 is 0 Å². The minimum atomic E-state index is 0.647. The fraction of sp³-hybridized carbons (Fsp3) is 0.700. The number of nitrogens with zero attached hydrogens (tertiary/aromatic N) is 2. The molecule has 0 radical (unpaired) electrons. The molecule has 0 bridgehead atoms. The van der Waals surface area contributed by atoms with E-state index in [1.54, 1.807) is 6.20 Å². The van der Waals surface area contributed by atoms with Crippen LogP contribution in [0.5, 0.6) is 0 Å². The molecule has 0 aromatic carbocycles. The van der Waals surface area contributed by atoms with Gasteiger partial charge in [0.05, 0.1) is 0 Å². The molecule has 3 nitrogen and oxygen atoms in total. The lowest BCUT2D eigenvalue weighted by molar-refractivity contribution is 0.285. The van der Waals surface area contributed by atoms with Crippen LogP contribution in [0.15, 0.2) is 12.4 Å². The number of aryl methyl sites for hydroxylation is 1. The number of hydrogen-bond donors (Lipinski definition) is 1. The van der Waals surface area contributed by atoms with Gasteiger partial charge in [-0.3, -0.25) is 0 Å². The molecule has 0 atom stereocenters. The summed E-state index contributed by atoms with van der Waals surface area (Å²) in [6.07, 6.45) is 10.6. The van der Waals surface area contributed by atoms with Crippen LogP contribution in [0.2, 0.25) is 0 Å². The first kappa shape index (κ1) is 8.60. The number of nitrogen functional groups attached to an aromatic ring is 1. The maximum Gasteiger partial charge on any atom is 0.200 e. The van der Waals surface area contributed by atoms with E-state index in [1.165, 1.54) is 32.1 Å². The van der Waals surface area contributed by atoms with E-state index >= 15 is 0 Å². The van der Waals surface area contributed by atoms with Crippen LogP contribution in [-0.2, 0) is 6.54 Å². The van der Waals surface area contributed by atoms with E-state index in [4.69, 9.17) is 5.73 Å². The third kappa shape index (κ3) is 2.02. The summed E-state index contributed by atoms with van der Waals surface area (Å²) in [7, 11) is 0. The average Bonchev–Trinajstić information content (AvgIpc) is 2.42. The van der Waals surface area contributed by atoms with Gasteiger partial charge in [-0.25, -0.2) is 4.98 Å². The summed E-state index contributed by atoms with van der Waals surface area (Å²) in [6, 6.07) is 0. The predicted octanol–water partition coefficient (Wildman–Crippen LogP) is 2.05. The van der Waals surface area contributed by atoms with Crippen molar-refractivity contribution in [3.05, 3.63) is 12.4 Å². The molecule has 0 saturated heterocycles. The number of nitrogens with two attached hydrogens (primary N) is 1. The second-order valence-electron chi connectivity index (χ2n) is 3.92. The Morgan fingerprint density at radius 3 is 2.92 bits per heavy atom. The molecule has 0 amide bonds. The van der Waals surface area contributed by atoms with Crippen LogP contribution in [-0.4, -0.2) is 9.55 Å². The molecule has 0 unspecified atom stereocenters. The van der Waals surface area contributed by atoms with Crippen molar-refractivity contribution in [3.63, 3.8) is 0 Å². The van der Waals surface area contributed by atoms with Gasteiger partial charge in [0.25, 0.3) is 0 Å². The van der Waals surface area contributed by atoms with Crippen molar-refractivity contribution in [1.29, 1.82) is 0 Å². The molecule has 1 heterocycles. The van der Waals surface area contributed by atoms with Crippen LogP contribution in [0, 0.1) is 5.92 Å². The Morgan fingerprint density at radius 1 is 1.54 bits per heavy atom. The smallest absolute Gasteiger partial charge is 0.200 e. The van der Waals surface area contributed by atoms with Gasteiger partial charge in [-0.2, -0.15) is 0 Å². The molecule has 1 fully saturated rings. The standard InChI is InChI=1S/C10H17N3/c11-10-12-6-8-13(10)7-2-5-9-3-1-4-9/h6,8-9H,1-5,7H2,(H2,11,12). The normalized spacial score (nSPS) is 17.2. The third-order valence-corrected chi connectivity index (χ3v) is 2.98. The van der Waals surface area contributed by atoms with Crippen molar-refractivity contribution in [2.45, 2.75) is 38.6 Å². The van der Waals surface area contributed by atoms with Crippen molar-refractivity contribution in [3.8, 4) is 0 Å². The highest BCUT2D eigenvalue weighted by Crippen LogP contribution is 2.30. The van der Waals surface area contributed by atoms with E-state index in [1.807, 2.05) is 10.8 Å². The van der Waals surface area contributed by atoms with Gasteiger partial charge < -0.3 is 10.3 Å². The van der Waals surface area contributed by atoms with Gasteiger partial charge in [0, 0.05) is 18.9 Å². The van der Waals surface area contributed by atoms with Crippen LogP contribution in [0.25, 0.3) is 0 Å². The molecule has 1 aliphatic carbocycles. The largest absolute Gasteiger partial charge is 0.369 e. The van der Waals surface area contributed by atoms with Gasteiger partial charge >= 0.3 is 0 Å². The van der Waals surface area contributed by atoms with Crippen molar-refractivity contribution >= 4 is 5.95 Å². The zero-order valence-corrected chi connectivity index (χ0v) is 7.95. The van der Waals surface area contributed by atoms with Gasteiger partial charge in [-0.05, 0) is 18.8 Å². The Hall–Kier alpha value is -0.990. The highest BCUT2D eigenvalue weighted by Gasteiger charge is 2.16. The lowest BCUT2D eigenvalue weighted by Gasteiger charge is -2.25. The van der Waals surface area contributed by atoms with Gasteiger partial charge in [0.15, 0.2) is 5.95 Å². The number of imidazole rings is 1. The molecule has 1 aliphatic rings. The van der Waals surface area contributed by atoms with E-state index in [9.17, 15) is 0 Å². The molecule has 3 heteroatoms. The van der Waals surface area contributed by atoms with Gasteiger partial charge in [0.2, 0.25) is 0 Å². The molecular weight excluding hydrogens is 162 g/mol. The summed E-state index contributed by atoms with van der Waals surface area (Å²) < 4.78 is 2.03. The van der Waals surface area contributed by atoms with Crippen LogP contribution < -0.4 is 5.73 Å². The number of rotatable bonds is 4. The lowest BCUT2D eigenvalue weighted by Crippen LogP contribution is -2.12. The van der Waals surface area contributed by atoms with E-state index in [0.29, 0.717) is 5.95 Å². The summed E-state index contributed by atoms with van der Waals surface area (Å²) >= 11 is 0. The summed E-state index contributed by atoms with van der Waals surface area (Å²) in [5, 5.41) is 0. The summed E-state index contributed by atoms with van der Waals surface area (Å²) in [5.41, 5.74) is 5.66. The average molecular weight is 179 g/mol. The summed E-state index contributed by atoms with van der Waals surface area (Å²) in [6.45, 7) is 1.03. The van der Waals surface area contributed by atoms with Crippen molar-refractivity contribution in [2.75, 3.05) is 5.73 Å². The van der Waals surface area contributed by atoms with E-state index in [2.05, 4.69) is 4.98 Å². The topological polar surface area (TPSA) is 43.8 Å². The van der Waals surface area contributed by atoms with Gasteiger partial charge in [-0.1, -0.05) is 19.3 Å². The summed E-state index contributed by atoms with van der Waals surface area (Å²) in [5.74, 6) is 1.65. The van der Waals surface area contributed by atoms with Crippen LogP contribution >= 0.6 is 0 Å². The molecule has 2 N–H and O–H groups in total. The fourth-order valence-corrected chi connectivity index (χ4v) is 1.86.